The largest absolute Gasteiger partial charge is 0.497 e. The predicted octanol–water partition coefficient (Wildman–Crippen LogP) is 4.31. The molecule has 1 aliphatic rings. The van der Waals surface area contributed by atoms with Crippen LogP contribution in [0.1, 0.15) is 28.9 Å². The summed E-state index contributed by atoms with van der Waals surface area (Å²) in [5, 5.41) is 7.19. The number of hydrogen-bond donors (Lipinski definition) is 1. The van der Waals surface area contributed by atoms with Crippen LogP contribution in [0.25, 0.3) is 5.69 Å². The van der Waals surface area contributed by atoms with Gasteiger partial charge in [-0.15, -0.1) is 0 Å². The Morgan fingerprint density at radius 2 is 1.74 bits per heavy atom. The fourth-order valence-corrected chi connectivity index (χ4v) is 3.95. The number of halogens is 3. The van der Waals surface area contributed by atoms with Gasteiger partial charge in [0.15, 0.2) is 11.4 Å². The molecular weight excluding hydrogens is 449 g/mol. The third kappa shape index (κ3) is 5.11. The molecule has 4 rings (SSSR count). The fourth-order valence-electron chi connectivity index (χ4n) is 3.95. The maximum absolute atomic E-state index is 13.1. The second-order valence-electron chi connectivity index (χ2n) is 7.97. The van der Waals surface area contributed by atoms with E-state index in [4.69, 9.17) is 9.47 Å². The van der Waals surface area contributed by atoms with Crippen molar-refractivity contribution >= 4 is 11.6 Å². The number of piperidine rings is 1. The summed E-state index contributed by atoms with van der Waals surface area (Å²) in [6.07, 6.45) is -1.59. The third-order valence-electron chi connectivity index (χ3n) is 5.82. The molecule has 2 heterocycles. The first kappa shape index (κ1) is 23.5. The molecule has 0 unspecified atom stereocenters. The summed E-state index contributed by atoms with van der Waals surface area (Å²) in [5.74, 6) is 0.556. The first-order chi connectivity index (χ1) is 16.3. The maximum Gasteiger partial charge on any atom is 0.416 e. The number of nitrogens with zero attached hydrogens (tertiary/aromatic N) is 3. The second-order valence-corrected chi connectivity index (χ2v) is 7.97. The van der Waals surface area contributed by atoms with Crippen molar-refractivity contribution < 1.29 is 27.4 Å². The van der Waals surface area contributed by atoms with Gasteiger partial charge < -0.3 is 19.7 Å². The van der Waals surface area contributed by atoms with Crippen LogP contribution in [0.5, 0.6) is 11.5 Å². The van der Waals surface area contributed by atoms with Gasteiger partial charge in [-0.2, -0.15) is 18.3 Å². The van der Waals surface area contributed by atoms with Crippen LogP contribution in [0.4, 0.5) is 18.9 Å². The van der Waals surface area contributed by atoms with Gasteiger partial charge in [-0.1, -0.05) is 6.07 Å². The molecule has 0 aliphatic carbocycles. The molecule has 1 saturated heterocycles. The molecule has 1 fully saturated rings. The lowest BCUT2D eigenvalue weighted by molar-refractivity contribution is -0.137. The zero-order chi connectivity index (χ0) is 24.3. The van der Waals surface area contributed by atoms with Gasteiger partial charge in [0, 0.05) is 24.8 Å². The molecule has 0 atom stereocenters. The van der Waals surface area contributed by atoms with Crippen LogP contribution >= 0.6 is 0 Å². The van der Waals surface area contributed by atoms with Crippen LogP contribution in [0.3, 0.4) is 0 Å². The van der Waals surface area contributed by atoms with E-state index in [0.717, 1.165) is 49.5 Å². The minimum absolute atomic E-state index is 0.0255. The molecule has 0 bridgehead atoms. The quantitative estimate of drug-likeness (QED) is 0.577. The number of amides is 1. The van der Waals surface area contributed by atoms with Gasteiger partial charge in [0.25, 0.3) is 5.91 Å². The van der Waals surface area contributed by atoms with Crippen LogP contribution in [-0.2, 0) is 6.18 Å². The highest BCUT2D eigenvalue weighted by molar-refractivity contribution is 5.95. The maximum atomic E-state index is 13.1. The molecule has 3 aromatic rings. The van der Waals surface area contributed by atoms with E-state index >= 15 is 0 Å². The fraction of sp³-hybridized carbons (Fsp3) is 0.333. The number of aromatic nitrogens is 2. The van der Waals surface area contributed by atoms with Crippen LogP contribution in [0.2, 0.25) is 0 Å². The molecule has 1 aliphatic heterocycles. The number of nitrogens with one attached hydrogen (secondary N) is 1. The molecular formula is C24H25F3N4O3. The minimum atomic E-state index is -4.48. The van der Waals surface area contributed by atoms with Gasteiger partial charge in [0.05, 0.1) is 31.7 Å². The van der Waals surface area contributed by atoms with E-state index in [1.54, 1.807) is 7.11 Å². The van der Waals surface area contributed by atoms with E-state index in [-0.39, 0.29) is 23.2 Å². The van der Waals surface area contributed by atoms with Gasteiger partial charge in [-0.3, -0.25) is 4.79 Å². The number of rotatable bonds is 6. The number of alkyl halides is 3. The summed E-state index contributed by atoms with van der Waals surface area (Å²) in [4.78, 5) is 15.2. The summed E-state index contributed by atoms with van der Waals surface area (Å²) in [7, 11) is 3.01. The molecule has 2 aromatic carbocycles. The van der Waals surface area contributed by atoms with Crippen molar-refractivity contribution in [3.8, 4) is 17.2 Å². The lowest BCUT2D eigenvalue weighted by Crippen LogP contribution is -2.44. The Bertz CT molecular complexity index is 1140. The Kier molecular flexibility index (Phi) is 6.67. The lowest BCUT2D eigenvalue weighted by Gasteiger charge is -2.34. The smallest absolute Gasteiger partial charge is 0.416 e. The van der Waals surface area contributed by atoms with Gasteiger partial charge in [0.2, 0.25) is 0 Å². The SMILES string of the molecule is COc1ccc(N2CCC(NC(=O)c3nn(-c4cccc(C(F)(F)F)c4)cc3OC)CC2)cc1. The minimum Gasteiger partial charge on any atom is -0.497 e. The summed E-state index contributed by atoms with van der Waals surface area (Å²) in [6, 6.07) is 12.5. The Morgan fingerprint density at radius 1 is 1.03 bits per heavy atom. The molecule has 7 nitrogen and oxygen atoms in total. The van der Waals surface area contributed by atoms with Crippen molar-refractivity contribution in [3.63, 3.8) is 0 Å². The van der Waals surface area contributed by atoms with Crippen molar-refractivity contribution in [2.24, 2.45) is 0 Å². The van der Waals surface area contributed by atoms with Gasteiger partial charge >= 0.3 is 6.18 Å². The number of methoxy groups -OCH3 is 2. The first-order valence-corrected chi connectivity index (χ1v) is 10.8. The highest BCUT2D eigenvalue weighted by Gasteiger charge is 2.31. The zero-order valence-corrected chi connectivity index (χ0v) is 18.8. The Morgan fingerprint density at radius 3 is 2.35 bits per heavy atom. The van der Waals surface area contributed by atoms with E-state index in [0.29, 0.717) is 0 Å². The van der Waals surface area contributed by atoms with E-state index in [1.165, 1.54) is 30.1 Å². The van der Waals surface area contributed by atoms with E-state index in [2.05, 4.69) is 15.3 Å². The van der Waals surface area contributed by atoms with Crippen LogP contribution < -0.4 is 19.7 Å². The van der Waals surface area contributed by atoms with E-state index in [1.807, 2.05) is 24.3 Å². The Hall–Kier alpha value is -3.69. The van der Waals surface area contributed by atoms with Crippen molar-refractivity contribution in [2.75, 3.05) is 32.2 Å². The average molecular weight is 474 g/mol. The number of benzene rings is 2. The van der Waals surface area contributed by atoms with Crippen LogP contribution in [0.15, 0.2) is 54.7 Å². The van der Waals surface area contributed by atoms with Gasteiger partial charge in [-0.05, 0) is 55.3 Å². The second kappa shape index (κ2) is 9.66. The standard InChI is InChI=1S/C24H25F3N4O3/c1-33-20-8-6-18(7-9-20)30-12-10-17(11-13-30)28-23(32)22-21(34-2)15-31(29-22)19-5-3-4-16(14-19)24(25,26)27/h3-9,14-15,17H,10-13H2,1-2H3,(H,28,32). The summed E-state index contributed by atoms with van der Waals surface area (Å²) in [6.45, 7) is 1.54. The number of carbonyl (C=O) groups is 1. The number of anilines is 1. The number of hydrogen-bond acceptors (Lipinski definition) is 5. The van der Waals surface area contributed by atoms with Crippen molar-refractivity contribution in [1.29, 1.82) is 0 Å². The monoisotopic (exact) mass is 474 g/mol. The van der Waals surface area contributed by atoms with Crippen molar-refractivity contribution in [3.05, 3.63) is 66.0 Å². The molecule has 1 amide bonds. The van der Waals surface area contributed by atoms with Crippen molar-refractivity contribution in [2.45, 2.75) is 25.1 Å². The normalized spacial score (nSPS) is 14.7. The molecule has 10 heteroatoms. The Balaban J connectivity index is 1.42. The van der Waals surface area contributed by atoms with Gasteiger partial charge in [0.1, 0.15) is 5.75 Å². The molecule has 34 heavy (non-hydrogen) atoms. The van der Waals surface area contributed by atoms with Crippen molar-refractivity contribution in [1.82, 2.24) is 15.1 Å². The summed E-state index contributed by atoms with van der Waals surface area (Å²) >= 11 is 0. The lowest BCUT2D eigenvalue weighted by atomic mass is 10.0. The summed E-state index contributed by atoms with van der Waals surface area (Å²) < 4.78 is 50.9. The molecule has 180 valence electrons. The predicted molar refractivity (Wildman–Crippen MR) is 121 cm³/mol. The van der Waals surface area contributed by atoms with Crippen LogP contribution in [0, 0.1) is 0 Å². The number of ether oxygens (including phenoxy) is 2. The molecule has 0 spiro atoms. The average Bonchev–Trinajstić information content (AvgIpc) is 3.29. The van der Waals surface area contributed by atoms with Crippen LogP contribution in [-0.4, -0.2) is 49.0 Å². The highest BCUT2D eigenvalue weighted by Crippen LogP contribution is 2.31. The highest BCUT2D eigenvalue weighted by atomic mass is 19.4. The molecule has 1 aromatic heterocycles. The third-order valence-corrected chi connectivity index (χ3v) is 5.82. The van der Waals surface area contributed by atoms with E-state index < -0.39 is 17.6 Å². The molecule has 0 saturated carbocycles. The topological polar surface area (TPSA) is 68.6 Å². The molecule has 0 radical (unpaired) electrons. The zero-order valence-electron chi connectivity index (χ0n) is 18.8. The number of carbonyl (C=O) groups excluding carboxylic acids is 1. The van der Waals surface area contributed by atoms with Gasteiger partial charge in [-0.25, -0.2) is 4.68 Å². The first-order valence-electron chi connectivity index (χ1n) is 10.8. The van der Waals surface area contributed by atoms with E-state index in [9.17, 15) is 18.0 Å². The molecule has 1 N–H and O–H groups in total. The Labute approximate surface area is 195 Å². The summed E-state index contributed by atoms with van der Waals surface area (Å²) in [5.41, 5.74) is 0.499.